The Morgan fingerprint density at radius 1 is 1.26 bits per heavy atom. The number of morpholine rings is 1. The van der Waals surface area contributed by atoms with Crippen LogP contribution >= 0.6 is 0 Å². The van der Waals surface area contributed by atoms with Gasteiger partial charge >= 0.3 is 6.36 Å². The van der Waals surface area contributed by atoms with Crippen molar-refractivity contribution in [3.05, 3.63) is 23.8 Å². The lowest BCUT2D eigenvalue weighted by molar-refractivity contribution is -0.274. The number of aldehydes is 1. The maximum atomic E-state index is 12.4. The molecule has 0 amide bonds. The minimum absolute atomic E-state index is 0.124. The fraction of sp³-hybridized carbons (Fsp3) is 0.417. The number of carbonyl (C=O) groups excluding carboxylic acids is 1. The number of rotatable bonds is 3. The van der Waals surface area contributed by atoms with Gasteiger partial charge in [-0.25, -0.2) is 0 Å². The summed E-state index contributed by atoms with van der Waals surface area (Å²) in [7, 11) is 0. The maximum Gasteiger partial charge on any atom is 0.573 e. The van der Waals surface area contributed by atoms with Crippen LogP contribution in [0, 0.1) is 0 Å². The van der Waals surface area contributed by atoms with Gasteiger partial charge in [-0.15, -0.1) is 13.2 Å². The summed E-state index contributed by atoms with van der Waals surface area (Å²) >= 11 is 0. The van der Waals surface area contributed by atoms with Gasteiger partial charge in [0, 0.05) is 13.1 Å². The molecule has 0 bridgehead atoms. The fourth-order valence-electron chi connectivity index (χ4n) is 1.92. The van der Waals surface area contributed by atoms with Gasteiger partial charge in [0.1, 0.15) is 0 Å². The van der Waals surface area contributed by atoms with E-state index in [1.165, 1.54) is 18.2 Å². The number of alkyl halides is 3. The summed E-state index contributed by atoms with van der Waals surface area (Å²) in [4.78, 5) is 12.6. The van der Waals surface area contributed by atoms with E-state index in [1.807, 2.05) is 0 Å². The molecule has 0 saturated carbocycles. The number of anilines is 1. The lowest BCUT2D eigenvalue weighted by Crippen LogP contribution is -2.37. The molecular formula is C12H12F3NO3. The Kier molecular flexibility index (Phi) is 3.94. The van der Waals surface area contributed by atoms with Gasteiger partial charge in [0.25, 0.3) is 0 Å². The number of hydrogen-bond donors (Lipinski definition) is 0. The molecule has 4 nitrogen and oxygen atoms in total. The standard InChI is InChI=1S/C12H12F3NO3/c13-12(14,15)19-11-9(8-17)2-1-3-10(11)16-4-6-18-7-5-16/h1-3,8H,4-7H2. The predicted molar refractivity (Wildman–Crippen MR) is 61.5 cm³/mol. The predicted octanol–water partition coefficient (Wildman–Crippen LogP) is 2.23. The smallest absolute Gasteiger partial charge is 0.403 e. The monoisotopic (exact) mass is 275 g/mol. The van der Waals surface area contributed by atoms with Gasteiger partial charge in [-0.05, 0) is 12.1 Å². The van der Waals surface area contributed by atoms with E-state index in [0.717, 1.165) is 0 Å². The summed E-state index contributed by atoms with van der Waals surface area (Å²) in [6.07, 6.45) is -4.48. The number of halogens is 3. The Labute approximate surface area is 107 Å². The van der Waals surface area contributed by atoms with Crippen molar-refractivity contribution in [2.75, 3.05) is 31.2 Å². The zero-order valence-corrected chi connectivity index (χ0v) is 9.94. The van der Waals surface area contributed by atoms with E-state index in [1.54, 1.807) is 4.90 Å². The number of nitrogens with zero attached hydrogens (tertiary/aromatic N) is 1. The second kappa shape index (κ2) is 5.48. The fourth-order valence-corrected chi connectivity index (χ4v) is 1.92. The van der Waals surface area contributed by atoms with Crippen LogP contribution in [0.4, 0.5) is 18.9 Å². The van der Waals surface area contributed by atoms with Crippen molar-refractivity contribution in [1.82, 2.24) is 0 Å². The van der Waals surface area contributed by atoms with Gasteiger partial charge in [-0.3, -0.25) is 4.79 Å². The van der Waals surface area contributed by atoms with Gasteiger partial charge in [-0.1, -0.05) is 6.07 Å². The second-order valence-corrected chi connectivity index (χ2v) is 3.96. The zero-order chi connectivity index (χ0) is 13.9. The number of benzene rings is 1. The Morgan fingerprint density at radius 3 is 2.53 bits per heavy atom. The molecular weight excluding hydrogens is 263 g/mol. The first-order valence-corrected chi connectivity index (χ1v) is 5.68. The van der Waals surface area contributed by atoms with Crippen molar-refractivity contribution in [1.29, 1.82) is 0 Å². The summed E-state index contributed by atoms with van der Waals surface area (Å²) < 4.78 is 46.4. The molecule has 0 atom stereocenters. The van der Waals surface area contributed by atoms with Crippen molar-refractivity contribution < 1.29 is 27.4 Å². The Morgan fingerprint density at radius 2 is 1.95 bits per heavy atom. The third kappa shape index (κ3) is 3.37. The van der Waals surface area contributed by atoms with Crippen LogP contribution < -0.4 is 9.64 Å². The largest absolute Gasteiger partial charge is 0.573 e. The molecule has 0 unspecified atom stereocenters. The van der Waals surface area contributed by atoms with Crippen molar-refractivity contribution in [3.8, 4) is 5.75 Å². The molecule has 1 fully saturated rings. The topological polar surface area (TPSA) is 38.8 Å². The van der Waals surface area contributed by atoms with Crippen LogP contribution in [0.25, 0.3) is 0 Å². The Balaban J connectivity index is 2.38. The van der Waals surface area contributed by atoms with E-state index in [2.05, 4.69) is 4.74 Å². The van der Waals surface area contributed by atoms with Gasteiger partial charge in [0.15, 0.2) is 12.0 Å². The van der Waals surface area contributed by atoms with Crippen molar-refractivity contribution >= 4 is 12.0 Å². The average Bonchev–Trinajstić information content (AvgIpc) is 2.38. The third-order valence-corrected chi connectivity index (χ3v) is 2.72. The maximum absolute atomic E-state index is 12.4. The highest BCUT2D eigenvalue weighted by atomic mass is 19.4. The highest BCUT2D eigenvalue weighted by Gasteiger charge is 2.34. The molecule has 0 aromatic heterocycles. The Hall–Kier alpha value is -1.76. The van der Waals surface area contributed by atoms with E-state index in [0.29, 0.717) is 32.6 Å². The van der Waals surface area contributed by atoms with Crippen molar-refractivity contribution in [3.63, 3.8) is 0 Å². The Bertz CT molecular complexity index is 456. The van der Waals surface area contributed by atoms with Crippen LogP contribution in [-0.2, 0) is 4.74 Å². The first kappa shape index (κ1) is 13.7. The minimum Gasteiger partial charge on any atom is -0.403 e. The SMILES string of the molecule is O=Cc1cccc(N2CCOCC2)c1OC(F)(F)F. The molecule has 0 aliphatic carbocycles. The van der Waals surface area contributed by atoms with Crippen molar-refractivity contribution in [2.45, 2.75) is 6.36 Å². The highest BCUT2D eigenvalue weighted by molar-refractivity contribution is 5.84. The van der Waals surface area contributed by atoms with Crippen LogP contribution in [0.5, 0.6) is 5.75 Å². The molecule has 1 aromatic carbocycles. The summed E-state index contributed by atoms with van der Waals surface area (Å²) in [5, 5.41) is 0. The second-order valence-electron chi connectivity index (χ2n) is 3.96. The molecule has 0 radical (unpaired) electrons. The molecule has 1 aliphatic heterocycles. The first-order chi connectivity index (χ1) is 9.01. The van der Waals surface area contributed by atoms with Gasteiger partial charge in [0.05, 0.1) is 24.5 Å². The molecule has 0 spiro atoms. The van der Waals surface area contributed by atoms with Crippen LogP contribution in [0.2, 0.25) is 0 Å². The van der Waals surface area contributed by atoms with Gasteiger partial charge in [0.2, 0.25) is 0 Å². The molecule has 2 rings (SSSR count). The van der Waals surface area contributed by atoms with E-state index in [9.17, 15) is 18.0 Å². The molecule has 1 aromatic rings. The normalized spacial score (nSPS) is 16.3. The average molecular weight is 275 g/mol. The van der Waals surface area contributed by atoms with Crippen LogP contribution in [0.1, 0.15) is 10.4 Å². The number of para-hydroxylation sites is 1. The summed E-state index contributed by atoms with van der Waals surface area (Å²) in [6, 6.07) is 4.31. The van der Waals surface area contributed by atoms with E-state index >= 15 is 0 Å². The first-order valence-electron chi connectivity index (χ1n) is 5.68. The highest BCUT2D eigenvalue weighted by Crippen LogP contribution is 2.35. The van der Waals surface area contributed by atoms with Gasteiger partial charge in [-0.2, -0.15) is 0 Å². The molecule has 1 saturated heterocycles. The lowest BCUT2D eigenvalue weighted by atomic mass is 10.1. The van der Waals surface area contributed by atoms with Crippen LogP contribution in [0.3, 0.4) is 0 Å². The van der Waals surface area contributed by atoms with Crippen molar-refractivity contribution in [2.24, 2.45) is 0 Å². The lowest BCUT2D eigenvalue weighted by Gasteiger charge is -2.30. The molecule has 1 heterocycles. The molecule has 1 aliphatic rings. The summed E-state index contributed by atoms with van der Waals surface area (Å²) in [5.41, 5.74) is 0.131. The molecule has 0 N–H and O–H groups in total. The number of carbonyl (C=O) groups is 1. The summed E-state index contributed by atoms with van der Waals surface area (Å²) in [6.45, 7) is 1.76. The number of hydrogen-bond acceptors (Lipinski definition) is 4. The van der Waals surface area contributed by atoms with Crippen LogP contribution in [-0.4, -0.2) is 39.0 Å². The molecule has 19 heavy (non-hydrogen) atoms. The molecule has 104 valence electrons. The van der Waals surface area contributed by atoms with E-state index < -0.39 is 12.1 Å². The third-order valence-electron chi connectivity index (χ3n) is 2.72. The number of ether oxygens (including phenoxy) is 2. The molecule has 7 heteroatoms. The summed E-state index contributed by atoms with van der Waals surface area (Å²) in [5.74, 6) is -0.452. The van der Waals surface area contributed by atoms with Crippen LogP contribution in [0.15, 0.2) is 18.2 Å². The van der Waals surface area contributed by atoms with E-state index in [4.69, 9.17) is 4.74 Å². The quantitative estimate of drug-likeness (QED) is 0.793. The zero-order valence-electron chi connectivity index (χ0n) is 9.94. The minimum atomic E-state index is -4.83. The van der Waals surface area contributed by atoms with Gasteiger partial charge < -0.3 is 14.4 Å². The van der Waals surface area contributed by atoms with E-state index in [-0.39, 0.29) is 11.3 Å².